The molecule has 0 saturated carbocycles. The van der Waals surface area contributed by atoms with E-state index in [1.165, 1.54) is 0 Å². The summed E-state index contributed by atoms with van der Waals surface area (Å²) >= 11 is 0. The molecule has 0 aliphatic rings. The monoisotopic (exact) mass is 108 g/mol. The van der Waals surface area contributed by atoms with Crippen LogP contribution < -0.4 is 0 Å². The standard InChI is InChI=1S/C6H8N2/c1-3-6(5-7)8-4-2/h3-4H,1-2H3/b6-3-,8-4?. The zero-order valence-electron chi connectivity index (χ0n) is 5.05. The van der Waals surface area contributed by atoms with Crippen LogP contribution in [0, 0.1) is 11.3 Å². The molecule has 8 heavy (non-hydrogen) atoms. The predicted molar refractivity (Wildman–Crippen MR) is 33.5 cm³/mol. The maximum atomic E-state index is 8.23. The minimum atomic E-state index is 0.465. The smallest absolute Gasteiger partial charge is 0.135 e. The van der Waals surface area contributed by atoms with E-state index in [1.54, 1.807) is 26.1 Å². The Morgan fingerprint density at radius 3 is 2.38 bits per heavy atom. The van der Waals surface area contributed by atoms with Crippen LogP contribution in [0.25, 0.3) is 0 Å². The van der Waals surface area contributed by atoms with Crippen molar-refractivity contribution in [3.8, 4) is 6.07 Å². The van der Waals surface area contributed by atoms with Crippen LogP contribution in [0.1, 0.15) is 13.8 Å². The minimum Gasteiger partial charge on any atom is -0.251 e. The van der Waals surface area contributed by atoms with Crippen LogP contribution >= 0.6 is 0 Å². The van der Waals surface area contributed by atoms with Gasteiger partial charge in [-0.15, -0.1) is 0 Å². The van der Waals surface area contributed by atoms with Crippen molar-refractivity contribution in [3.63, 3.8) is 0 Å². The molecule has 0 saturated heterocycles. The van der Waals surface area contributed by atoms with E-state index in [1.807, 2.05) is 6.07 Å². The molecule has 0 aliphatic carbocycles. The van der Waals surface area contributed by atoms with E-state index in [-0.39, 0.29) is 0 Å². The van der Waals surface area contributed by atoms with Gasteiger partial charge in [0, 0.05) is 6.21 Å². The van der Waals surface area contributed by atoms with E-state index in [9.17, 15) is 0 Å². The number of hydrogen-bond acceptors (Lipinski definition) is 2. The van der Waals surface area contributed by atoms with Crippen molar-refractivity contribution in [1.82, 2.24) is 0 Å². The number of allylic oxidation sites excluding steroid dienone is 2. The lowest BCUT2D eigenvalue weighted by molar-refractivity contribution is 1.36. The van der Waals surface area contributed by atoms with Gasteiger partial charge in [-0.3, -0.25) is 4.99 Å². The van der Waals surface area contributed by atoms with Crippen LogP contribution in [-0.4, -0.2) is 6.21 Å². The zero-order chi connectivity index (χ0) is 6.41. The van der Waals surface area contributed by atoms with Crippen molar-refractivity contribution in [3.05, 3.63) is 11.8 Å². The molecule has 0 unspecified atom stereocenters. The van der Waals surface area contributed by atoms with Crippen LogP contribution in [0.15, 0.2) is 16.8 Å². The van der Waals surface area contributed by atoms with E-state index in [0.717, 1.165) is 0 Å². The Bertz CT molecular complexity index is 148. The Kier molecular flexibility index (Phi) is 3.51. The van der Waals surface area contributed by atoms with Crippen LogP contribution in [0.3, 0.4) is 0 Å². The fourth-order valence-corrected chi connectivity index (χ4v) is 0.307. The molecule has 0 atom stereocenters. The van der Waals surface area contributed by atoms with Gasteiger partial charge in [-0.25, -0.2) is 0 Å². The van der Waals surface area contributed by atoms with Gasteiger partial charge in [0.25, 0.3) is 0 Å². The second-order valence-corrected chi connectivity index (χ2v) is 1.17. The fraction of sp³-hybridized carbons (Fsp3) is 0.333. The summed E-state index contributed by atoms with van der Waals surface area (Å²) in [6.45, 7) is 3.56. The van der Waals surface area contributed by atoms with E-state index < -0.39 is 0 Å². The van der Waals surface area contributed by atoms with Gasteiger partial charge in [0.2, 0.25) is 0 Å². The van der Waals surface area contributed by atoms with Gasteiger partial charge in [-0.2, -0.15) is 5.26 Å². The van der Waals surface area contributed by atoms with Crippen molar-refractivity contribution < 1.29 is 0 Å². The van der Waals surface area contributed by atoms with Crippen LogP contribution in [0.2, 0.25) is 0 Å². The van der Waals surface area contributed by atoms with Crippen molar-refractivity contribution in [2.45, 2.75) is 13.8 Å². The summed E-state index contributed by atoms with van der Waals surface area (Å²) in [6.07, 6.45) is 3.26. The van der Waals surface area contributed by atoms with E-state index in [0.29, 0.717) is 5.70 Å². The molecule has 0 heterocycles. The lowest BCUT2D eigenvalue weighted by atomic mass is 10.5. The Labute approximate surface area is 49.2 Å². The first-order valence-electron chi connectivity index (χ1n) is 2.40. The number of rotatable bonds is 1. The molecule has 2 nitrogen and oxygen atoms in total. The molecule has 0 rings (SSSR count). The van der Waals surface area contributed by atoms with Gasteiger partial charge in [0.05, 0.1) is 0 Å². The lowest BCUT2D eigenvalue weighted by Crippen LogP contribution is -1.68. The highest BCUT2D eigenvalue weighted by Crippen LogP contribution is 1.89. The third-order valence-electron chi connectivity index (χ3n) is 0.656. The number of aliphatic imine (C=N–C) groups is 1. The molecule has 0 aromatic carbocycles. The SMILES string of the molecule is CC=N/C(C#N)=C\C. The van der Waals surface area contributed by atoms with Crippen molar-refractivity contribution in [2.24, 2.45) is 4.99 Å². The number of nitriles is 1. The molecule has 2 heteroatoms. The molecular weight excluding hydrogens is 100 g/mol. The average molecular weight is 108 g/mol. The first-order valence-corrected chi connectivity index (χ1v) is 2.40. The molecule has 0 aromatic heterocycles. The summed E-state index contributed by atoms with van der Waals surface area (Å²) in [6, 6.07) is 1.92. The largest absolute Gasteiger partial charge is 0.251 e. The molecule has 0 aliphatic heterocycles. The summed E-state index contributed by atoms with van der Waals surface area (Å²) in [5.41, 5.74) is 0.465. The molecular formula is C6H8N2. The Hall–Kier alpha value is -1.10. The summed E-state index contributed by atoms with van der Waals surface area (Å²) in [5, 5.41) is 8.23. The van der Waals surface area contributed by atoms with E-state index in [4.69, 9.17) is 5.26 Å². The third kappa shape index (κ3) is 2.14. The highest BCUT2D eigenvalue weighted by Gasteiger charge is 1.80. The molecule has 0 radical (unpaired) electrons. The van der Waals surface area contributed by atoms with Gasteiger partial charge in [0.15, 0.2) is 0 Å². The molecule has 0 N–H and O–H groups in total. The van der Waals surface area contributed by atoms with Crippen LogP contribution in [-0.2, 0) is 0 Å². The van der Waals surface area contributed by atoms with Crippen molar-refractivity contribution in [1.29, 1.82) is 5.26 Å². The predicted octanol–water partition coefficient (Wildman–Crippen LogP) is 1.50. The number of nitrogens with zero attached hydrogens (tertiary/aromatic N) is 2. The Morgan fingerprint density at radius 2 is 2.25 bits per heavy atom. The average Bonchev–Trinajstić information content (AvgIpc) is 1.83. The lowest BCUT2D eigenvalue weighted by Gasteiger charge is -1.78. The Morgan fingerprint density at radius 1 is 1.62 bits per heavy atom. The second-order valence-electron chi connectivity index (χ2n) is 1.17. The molecule has 0 amide bonds. The normalized spacial score (nSPS) is 11.9. The first-order chi connectivity index (χ1) is 3.85. The molecule has 0 bridgehead atoms. The topological polar surface area (TPSA) is 36.1 Å². The number of hydrogen-bond donors (Lipinski definition) is 0. The third-order valence-corrected chi connectivity index (χ3v) is 0.656. The van der Waals surface area contributed by atoms with Crippen molar-refractivity contribution >= 4 is 6.21 Å². The quantitative estimate of drug-likeness (QED) is 0.370. The molecule has 0 fully saturated rings. The maximum absolute atomic E-state index is 8.23. The van der Waals surface area contributed by atoms with E-state index >= 15 is 0 Å². The van der Waals surface area contributed by atoms with Crippen molar-refractivity contribution in [2.75, 3.05) is 0 Å². The van der Waals surface area contributed by atoms with E-state index in [2.05, 4.69) is 4.99 Å². The summed E-state index contributed by atoms with van der Waals surface area (Å²) < 4.78 is 0. The first kappa shape index (κ1) is 6.90. The molecule has 0 aromatic rings. The highest BCUT2D eigenvalue weighted by atomic mass is 14.7. The summed E-state index contributed by atoms with van der Waals surface area (Å²) in [4.78, 5) is 3.74. The van der Waals surface area contributed by atoms with Gasteiger partial charge in [-0.05, 0) is 13.8 Å². The maximum Gasteiger partial charge on any atom is 0.135 e. The van der Waals surface area contributed by atoms with Gasteiger partial charge >= 0.3 is 0 Å². The van der Waals surface area contributed by atoms with Gasteiger partial charge in [-0.1, -0.05) is 6.08 Å². The van der Waals surface area contributed by atoms with Gasteiger partial charge < -0.3 is 0 Å². The van der Waals surface area contributed by atoms with Gasteiger partial charge in [0.1, 0.15) is 11.8 Å². The molecule has 42 valence electrons. The fourth-order valence-electron chi connectivity index (χ4n) is 0.307. The summed E-state index contributed by atoms with van der Waals surface area (Å²) in [7, 11) is 0. The zero-order valence-corrected chi connectivity index (χ0v) is 5.05. The summed E-state index contributed by atoms with van der Waals surface area (Å²) in [5.74, 6) is 0. The van der Waals surface area contributed by atoms with Crippen LogP contribution in [0.5, 0.6) is 0 Å². The second kappa shape index (κ2) is 4.07. The minimum absolute atomic E-state index is 0.465. The molecule has 0 spiro atoms. The highest BCUT2D eigenvalue weighted by molar-refractivity contribution is 5.56. The Balaban J connectivity index is 3.98. The van der Waals surface area contributed by atoms with Crippen LogP contribution in [0.4, 0.5) is 0 Å².